The number of anilines is 1. The molecular weight excluding hydrogens is 357 g/mol. The minimum absolute atomic E-state index is 0. The fraction of sp³-hybridized carbons (Fsp3) is 0.526. The summed E-state index contributed by atoms with van der Waals surface area (Å²) in [4.78, 5) is 31.9. The number of aromatic carboxylic acids is 1. The number of carboxylic acid groups (broad SMARTS) is 1. The molecule has 0 aliphatic carbocycles. The number of carbonyl (C=O) groups excluding carboxylic acids is 1. The van der Waals surface area contributed by atoms with Gasteiger partial charge in [0.25, 0.3) is 6.01 Å². The van der Waals surface area contributed by atoms with Gasteiger partial charge in [0, 0.05) is 19.6 Å². The molecule has 1 aliphatic heterocycles. The number of carboxylic acids is 1. The van der Waals surface area contributed by atoms with Gasteiger partial charge in [0.15, 0.2) is 5.58 Å². The van der Waals surface area contributed by atoms with Gasteiger partial charge in [-0.1, -0.05) is 6.07 Å². The van der Waals surface area contributed by atoms with Crippen LogP contribution in [0, 0.1) is 0 Å². The van der Waals surface area contributed by atoms with Gasteiger partial charge in [0.05, 0.1) is 11.1 Å². The third-order valence-electron chi connectivity index (χ3n) is 4.42. The molecule has 1 aromatic carbocycles. The first-order chi connectivity index (χ1) is 12.5. The molecule has 1 N–H and O–H groups in total. The van der Waals surface area contributed by atoms with Crippen LogP contribution in [0.15, 0.2) is 22.6 Å². The van der Waals surface area contributed by atoms with E-state index >= 15 is 0 Å². The van der Waals surface area contributed by atoms with Crippen LogP contribution in [0.2, 0.25) is 0 Å². The molecule has 0 saturated carbocycles. The summed E-state index contributed by atoms with van der Waals surface area (Å²) in [5, 5.41) is 9.34. The number of para-hydroxylation sites is 1. The number of rotatable bonds is 2. The van der Waals surface area contributed by atoms with Crippen molar-refractivity contribution in [1.82, 2.24) is 9.88 Å². The molecule has 2 aromatic rings. The van der Waals surface area contributed by atoms with Crippen LogP contribution in [0.25, 0.3) is 11.1 Å². The van der Waals surface area contributed by atoms with E-state index in [0.717, 1.165) is 0 Å². The minimum Gasteiger partial charge on any atom is -1.00 e. The Balaban J connectivity index is 0.00000210. The van der Waals surface area contributed by atoms with Crippen LogP contribution in [0.3, 0.4) is 0 Å². The van der Waals surface area contributed by atoms with Gasteiger partial charge < -0.3 is 25.5 Å². The van der Waals surface area contributed by atoms with Gasteiger partial charge in [-0.2, -0.15) is 4.98 Å². The van der Waals surface area contributed by atoms with Crippen LogP contribution >= 0.6 is 0 Å². The Bertz CT molecular complexity index is 894. The molecule has 0 radical (unpaired) electrons. The third kappa shape index (κ3) is 4.45. The summed E-state index contributed by atoms with van der Waals surface area (Å²) in [6.07, 6.45) is -0.346. The Hall–Kier alpha value is -2.17. The number of nitrogens with zero attached hydrogens (tertiary/aromatic N) is 3. The third-order valence-corrected chi connectivity index (χ3v) is 4.42. The molecule has 3 rings (SSSR count). The molecule has 9 heteroatoms. The second-order valence-electron chi connectivity index (χ2n) is 8.32. The first-order valence-corrected chi connectivity index (χ1v) is 8.86. The fourth-order valence-electron chi connectivity index (χ4n) is 3.22. The van der Waals surface area contributed by atoms with Crippen molar-refractivity contribution in [2.75, 3.05) is 24.5 Å². The number of hydrogen-bond acceptors (Lipinski definition) is 6. The predicted octanol–water partition coefficient (Wildman–Crippen LogP) is 0.478. The number of piperazine rings is 1. The average molecular weight is 383 g/mol. The number of aromatic nitrogens is 1. The number of amides is 1. The van der Waals surface area contributed by atoms with Gasteiger partial charge in [-0.3, -0.25) is 0 Å². The monoisotopic (exact) mass is 383 g/mol. The Morgan fingerprint density at radius 1 is 1.29 bits per heavy atom. The van der Waals surface area contributed by atoms with Gasteiger partial charge in [-0.15, -0.1) is 0 Å². The summed E-state index contributed by atoms with van der Waals surface area (Å²) in [5.41, 5.74) is -0.154. The number of hydrogen-bond donors (Lipinski definition) is 1. The van der Waals surface area contributed by atoms with E-state index in [1.165, 1.54) is 6.07 Å². The molecule has 2 heterocycles. The molecule has 28 heavy (non-hydrogen) atoms. The molecule has 1 saturated heterocycles. The van der Waals surface area contributed by atoms with Crippen molar-refractivity contribution < 1.29 is 44.1 Å². The van der Waals surface area contributed by atoms with Crippen molar-refractivity contribution in [3.8, 4) is 0 Å². The quantitative estimate of drug-likeness (QED) is 0.754. The van der Waals surface area contributed by atoms with E-state index in [-0.39, 0.29) is 31.9 Å². The summed E-state index contributed by atoms with van der Waals surface area (Å²) < 4.78 is 11.3. The Morgan fingerprint density at radius 2 is 1.96 bits per heavy atom. The van der Waals surface area contributed by atoms with Gasteiger partial charge >= 0.3 is 30.9 Å². The topological polar surface area (TPSA) is 96.1 Å². The largest absolute Gasteiger partial charge is 1.00 e. The molecule has 1 aliphatic rings. The second-order valence-corrected chi connectivity index (χ2v) is 8.32. The number of ether oxygens (including phenoxy) is 1. The molecule has 1 fully saturated rings. The van der Waals surface area contributed by atoms with Crippen molar-refractivity contribution in [2.24, 2.45) is 0 Å². The first kappa shape index (κ1) is 22.1. The maximum absolute atomic E-state index is 12.4. The van der Waals surface area contributed by atoms with Gasteiger partial charge in [0.2, 0.25) is 0 Å². The zero-order valence-corrected chi connectivity index (χ0v) is 17.3. The predicted molar refractivity (Wildman–Crippen MR) is 101 cm³/mol. The number of carbonyl (C=O) groups is 2. The van der Waals surface area contributed by atoms with E-state index < -0.39 is 17.1 Å². The molecular formula is C19H26LiN3O5. The Morgan fingerprint density at radius 3 is 2.54 bits per heavy atom. The van der Waals surface area contributed by atoms with Crippen LogP contribution < -0.4 is 23.8 Å². The van der Waals surface area contributed by atoms with E-state index in [0.29, 0.717) is 36.7 Å². The van der Waals surface area contributed by atoms with Crippen molar-refractivity contribution in [3.05, 3.63) is 23.8 Å². The Kier molecular flexibility index (Phi) is 6.07. The molecule has 8 nitrogen and oxygen atoms in total. The van der Waals surface area contributed by atoms with Crippen LogP contribution in [-0.2, 0) is 4.74 Å². The molecule has 1 aromatic heterocycles. The molecule has 0 unspecified atom stereocenters. The van der Waals surface area contributed by atoms with Crippen molar-refractivity contribution >= 4 is 29.2 Å². The summed E-state index contributed by atoms with van der Waals surface area (Å²) in [6.45, 7) is 10.9. The first-order valence-electron chi connectivity index (χ1n) is 8.86. The molecule has 0 spiro atoms. The van der Waals surface area contributed by atoms with Crippen LogP contribution in [0.4, 0.5) is 10.8 Å². The maximum atomic E-state index is 12.4. The number of fused-ring (bicyclic) bond motifs is 1. The van der Waals surface area contributed by atoms with E-state index in [4.69, 9.17) is 9.15 Å². The number of oxazole rings is 1. The molecule has 0 bridgehead atoms. The maximum Gasteiger partial charge on any atom is 1.00 e. The minimum atomic E-state index is -1.05. The summed E-state index contributed by atoms with van der Waals surface area (Å²) in [6, 6.07) is 5.18. The van der Waals surface area contributed by atoms with Gasteiger partial charge in [-0.05, 0) is 46.8 Å². The summed E-state index contributed by atoms with van der Waals surface area (Å²) in [7, 11) is 0. The normalized spacial score (nSPS) is 16.6. The van der Waals surface area contributed by atoms with Gasteiger partial charge in [0.1, 0.15) is 11.1 Å². The van der Waals surface area contributed by atoms with Crippen molar-refractivity contribution in [1.29, 1.82) is 0 Å². The smallest absolute Gasteiger partial charge is 1.00 e. The SMILES string of the molecule is CC(C)(C)OC(=O)N1CCN(c2nc3c(C(=O)O)cccc3o2)C(C)(C)C1.[H-].[Li+]. The van der Waals surface area contributed by atoms with Crippen LogP contribution in [0.1, 0.15) is 46.4 Å². The van der Waals surface area contributed by atoms with Crippen LogP contribution in [-0.4, -0.2) is 57.8 Å². The van der Waals surface area contributed by atoms with Crippen molar-refractivity contribution in [3.63, 3.8) is 0 Å². The fourth-order valence-corrected chi connectivity index (χ4v) is 3.22. The zero-order chi connectivity index (χ0) is 20.0. The van der Waals surface area contributed by atoms with E-state index in [1.54, 1.807) is 17.0 Å². The van der Waals surface area contributed by atoms with E-state index in [2.05, 4.69) is 4.98 Å². The second kappa shape index (κ2) is 7.68. The standard InChI is InChI=1S/C19H25N3O5.Li.H/c1-18(2,3)27-17(25)21-9-10-22(19(4,5)11-21)16-20-14-12(15(23)24)7-6-8-13(14)26-16;;/h6-8H,9-11H2,1-5H3,(H,23,24);;/q;+1;-1. The van der Waals surface area contributed by atoms with E-state index in [9.17, 15) is 14.7 Å². The zero-order valence-electron chi connectivity index (χ0n) is 18.3. The Labute approximate surface area is 177 Å². The van der Waals surface area contributed by atoms with Gasteiger partial charge in [-0.25, -0.2) is 9.59 Å². The average Bonchev–Trinajstić information content (AvgIpc) is 2.95. The summed E-state index contributed by atoms with van der Waals surface area (Å²) >= 11 is 0. The van der Waals surface area contributed by atoms with Crippen LogP contribution in [0.5, 0.6) is 0 Å². The van der Waals surface area contributed by atoms with E-state index in [1.807, 2.05) is 39.5 Å². The number of benzene rings is 1. The molecule has 1 amide bonds. The molecule has 0 atom stereocenters. The summed E-state index contributed by atoms with van der Waals surface area (Å²) in [5.74, 6) is -1.05. The van der Waals surface area contributed by atoms with Crippen molar-refractivity contribution in [2.45, 2.75) is 45.8 Å². The molecule has 148 valence electrons.